The maximum absolute atomic E-state index is 11.4. The number of aliphatic hydroxyl groups excluding tert-OH is 1. The Morgan fingerprint density at radius 2 is 2.21 bits per heavy atom. The number of benzene rings is 1. The molecule has 0 radical (unpaired) electrons. The van der Waals surface area contributed by atoms with Gasteiger partial charge in [0.2, 0.25) is 11.8 Å². The molecule has 0 heterocycles. The van der Waals surface area contributed by atoms with Crippen LogP contribution in [0.5, 0.6) is 0 Å². The van der Waals surface area contributed by atoms with Crippen LogP contribution < -0.4 is 11.1 Å². The number of carbonyl (C=O) groups excluding carboxylic acids is 2. The lowest BCUT2D eigenvalue weighted by atomic mass is 10.1. The second-order valence-corrected chi connectivity index (χ2v) is 4.41. The van der Waals surface area contributed by atoms with Gasteiger partial charge >= 0.3 is 0 Å². The van der Waals surface area contributed by atoms with Gasteiger partial charge in [0, 0.05) is 11.1 Å². The van der Waals surface area contributed by atoms with Crippen LogP contribution in [0.1, 0.15) is 11.1 Å². The van der Waals surface area contributed by atoms with E-state index in [4.69, 9.17) is 22.4 Å². The van der Waals surface area contributed by atoms with E-state index < -0.39 is 17.9 Å². The highest BCUT2D eigenvalue weighted by molar-refractivity contribution is 6.31. The van der Waals surface area contributed by atoms with Gasteiger partial charge in [-0.2, -0.15) is 0 Å². The standard InChI is InChI=1S/C13H15ClN2O3/c1-8-2-3-9(6-10(8)14)4-5-12(18)16-7-11(17)13(15)19/h2-6,11,17H,7H2,1H3,(H2,15,19)(H,16,18)/b5-4+. The lowest BCUT2D eigenvalue weighted by Crippen LogP contribution is -2.39. The van der Waals surface area contributed by atoms with E-state index >= 15 is 0 Å². The first kappa shape index (κ1) is 15.2. The minimum absolute atomic E-state index is 0.215. The topological polar surface area (TPSA) is 92.4 Å². The highest BCUT2D eigenvalue weighted by atomic mass is 35.5. The summed E-state index contributed by atoms with van der Waals surface area (Å²) in [5, 5.41) is 12.1. The third kappa shape index (κ3) is 5.11. The molecule has 0 spiro atoms. The van der Waals surface area contributed by atoms with Crippen molar-refractivity contribution in [1.82, 2.24) is 5.32 Å². The predicted octanol–water partition coefficient (Wildman–Crippen LogP) is 0.624. The normalized spacial score (nSPS) is 12.4. The van der Waals surface area contributed by atoms with Crippen molar-refractivity contribution >= 4 is 29.5 Å². The fourth-order valence-electron chi connectivity index (χ4n) is 1.24. The van der Waals surface area contributed by atoms with Gasteiger partial charge in [0.25, 0.3) is 0 Å². The summed E-state index contributed by atoms with van der Waals surface area (Å²) in [6.45, 7) is 1.67. The molecule has 2 amide bonds. The summed E-state index contributed by atoms with van der Waals surface area (Å²) in [7, 11) is 0. The number of aliphatic hydroxyl groups is 1. The largest absolute Gasteiger partial charge is 0.381 e. The molecule has 0 aromatic heterocycles. The number of hydrogen-bond donors (Lipinski definition) is 3. The molecule has 0 saturated carbocycles. The average Bonchev–Trinajstić information content (AvgIpc) is 2.37. The monoisotopic (exact) mass is 282 g/mol. The van der Waals surface area contributed by atoms with Gasteiger partial charge in [0.15, 0.2) is 0 Å². The Morgan fingerprint density at radius 3 is 2.79 bits per heavy atom. The summed E-state index contributed by atoms with van der Waals surface area (Å²) in [5.74, 6) is -1.31. The molecule has 0 aliphatic carbocycles. The minimum Gasteiger partial charge on any atom is -0.381 e. The molecule has 0 fully saturated rings. The van der Waals surface area contributed by atoms with Crippen LogP contribution in [0.25, 0.3) is 6.08 Å². The molecule has 102 valence electrons. The molecule has 1 atom stereocenters. The van der Waals surface area contributed by atoms with Gasteiger partial charge in [-0.1, -0.05) is 23.7 Å². The second-order valence-electron chi connectivity index (χ2n) is 4.01. The van der Waals surface area contributed by atoms with Crippen LogP contribution in [0.4, 0.5) is 0 Å². The van der Waals surface area contributed by atoms with Crippen molar-refractivity contribution in [3.05, 3.63) is 40.4 Å². The first-order valence-corrected chi connectivity index (χ1v) is 5.97. The van der Waals surface area contributed by atoms with E-state index in [2.05, 4.69) is 5.32 Å². The maximum atomic E-state index is 11.4. The quantitative estimate of drug-likeness (QED) is 0.692. The van der Waals surface area contributed by atoms with Gasteiger partial charge in [0.1, 0.15) is 6.10 Å². The third-order valence-electron chi connectivity index (χ3n) is 2.42. The number of amides is 2. The van der Waals surface area contributed by atoms with E-state index in [0.29, 0.717) is 5.02 Å². The van der Waals surface area contributed by atoms with Gasteiger partial charge < -0.3 is 16.2 Å². The molecule has 1 aromatic carbocycles. The molecule has 0 aliphatic rings. The first-order chi connectivity index (χ1) is 8.90. The van der Waals surface area contributed by atoms with Gasteiger partial charge in [-0.25, -0.2) is 0 Å². The molecule has 19 heavy (non-hydrogen) atoms. The van der Waals surface area contributed by atoms with Gasteiger partial charge in [0.05, 0.1) is 6.54 Å². The van der Waals surface area contributed by atoms with E-state index in [-0.39, 0.29) is 6.54 Å². The summed E-state index contributed by atoms with van der Waals surface area (Å²) >= 11 is 5.95. The van der Waals surface area contributed by atoms with Crippen molar-refractivity contribution in [2.45, 2.75) is 13.0 Å². The summed E-state index contributed by atoms with van der Waals surface area (Å²) in [5.41, 5.74) is 6.58. The number of rotatable bonds is 5. The smallest absolute Gasteiger partial charge is 0.248 e. The van der Waals surface area contributed by atoms with E-state index in [1.165, 1.54) is 6.08 Å². The Balaban J connectivity index is 2.54. The molecule has 0 aliphatic heterocycles. The number of hydrogen-bond acceptors (Lipinski definition) is 3. The lowest BCUT2D eigenvalue weighted by Gasteiger charge is -2.06. The third-order valence-corrected chi connectivity index (χ3v) is 2.83. The SMILES string of the molecule is Cc1ccc(/C=C/C(=O)NCC(O)C(N)=O)cc1Cl. The van der Waals surface area contributed by atoms with Crippen LogP contribution in [-0.4, -0.2) is 29.6 Å². The van der Waals surface area contributed by atoms with Crippen molar-refractivity contribution in [3.63, 3.8) is 0 Å². The van der Waals surface area contributed by atoms with Gasteiger partial charge in [-0.3, -0.25) is 9.59 Å². The van der Waals surface area contributed by atoms with Crippen LogP contribution in [-0.2, 0) is 9.59 Å². The molecule has 6 heteroatoms. The first-order valence-electron chi connectivity index (χ1n) is 5.59. The van der Waals surface area contributed by atoms with E-state index in [0.717, 1.165) is 11.1 Å². The van der Waals surface area contributed by atoms with Crippen LogP contribution in [0.2, 0.25) is 5.02 Å². The van der Waals surface area contributed by atoms with Crippen LogP contribution in [0, 0.1) is 6.92 Å². The number of nitrogens with two attached hydrogens (primary N) is 1. The molecular formula is C13H15ClN2O3. The Kier molecular flexibility index (Phi) is 5.54. The zero-order chi connectivity index (χ0) is 14.4. The van der Waals surface area contributed by atoms with Crippen molar-refractivity contribution in [2.24, 2.45) is 5.73 Å². The Bertz CT molecular complexity index is 515. The Hall–Kier alpha value is -1.85. The lowest BCUT2D eigenvalue weighted by molar-refractivity contribution is -0.126. The maximum Gasteiger partial charge on any atom is 0.248 e. The minimum atomic E-state index is -1.38. The highest BCUT2D eigenvalue weighted by Crippen LogP contribution is 2.17. The summed E-state index contributed by atoms with van der Waals surface area (Å²) in [6, 6.07) is 5.40. The van der Waals surface area contributed by atoms with Crippen LogP contribution >= 0.6 is 11.6 Å². The molecular weight excluding hydrogens is 268 g/mol. The fraction of sp³-hybridized carbons (Fsp3) is 0.231. The molecule has 0 saturated heterocycles. The van der Waals surface area contributed by atoms with Crippen LogP contribution in [0.15, 0.2) is 24.3 Å². The average molecular weight is 283 g/mol. The number of nitrogens with one attached hydrogen (secondary N) is 1. The molecule has 5 nitrogen and oxygen atoms in total. The molecule has 4 N–H and O–H groups in total. The van der Waals surface area contributed by atoms with Crippen molar-refractivity contribution in [2.75, 3.05) is 6.54 Å². The fourth-order valence-corrected chi connectivity index (χ4v) is 1.43. The summed E-state index contributed by atoms with van der Waals surface area (Å²) in [4.78, 5) is 21.9. The van der Waals surface area contributed by atoms with E-state index in [1.807, 2.05) is 19.1 Å². The van der Waals surface area contributed by atoms with Crippen molar-refractivity contribution in [1.29, 1.82) is 0 Å². The molecule has 1 aromatic rings. The summed E-state index contributed by atoms with van der Waals surface area (Å²) in [6.07, 6.45) is 1.48. The second kappa shape index (κ2) is 6.92. The molecule has 1 rings (SSSR count). The molecule has 1 unspecified atom stereocenters. The Labute approximate surface area is 116 Å². The predicted molar refractivity (Wildman–Crippen MR) is 73.4 cm³/mol. The van der Waals surface area contributed by atoms with E-state index in [1.54, 1.807) is 12.1 Å². The number of primary amides is 1. The number of carbonyl (C=O) groups is 2. The zero-order valence-corrected chi connectivity index (χ0v) is 11.1. The van der Waals surface area contributed by atoms with E-state index in [9.17, 15) is 9.59 Å². The van der Waals surface area contributed by atoms with Crippen molar-refractivity contribution < 1.29 is 14.7 Å². The number of halogens is 1. The van der Waals surface area contributed by atoms with Gasteiger partial charge in [-0.05, 0) is 30.2 Å². The zero-order valence-electron chi connectivity index (χ0n) is 10.4. The number of aryl methyl sites for hydroxylation is 1. The molecule has 0 bridgehead atoms. The van der Waals surface area contributed by atoms with Gasteiger partial charge in [-0.15, -0.1) is 0 Å². The highest BCUT2D eigenvalue weighted by Gasteiger charge is 2.10. The Morgan fingerprint density at radius 1 is 1.53 bits per heavy atom. The van der Waals surface area contributed by atoms with Crippen LogP contribution in [0.3, 0.4) is 0 Å². The van der Waals surface area contributed by atoms with Crippen molar-refractivity contribution in [3.8, 4) is 0 Å². The summed E-state index contributed by atoms with van der Waals surface area (Å²) < 4.78 is 0.